The number of ether oxygens (including phenoxy) is 1. The van der Waals surface area contributed by atoms with Crippen LogP contribution in [0.4, 0.5) is 4.39 Å². The Balaban J connectivity index is 2.15. The maximum Gasteiger partial charge on any atom is 0.150 e. The molecular formula is C16H19FN2O. The van der Waals surface area contributed by atoms with Gasteiger partial charge in [-0.05, 0) is 39.0 Å². The Hall–Kier alpha value is -1.94. The molecule has 20 heavy (non-hydrogen) atoms. The molecule has 2 rings (SSSR count). The predicted molar refractivity (Wildman–Crippen MR) is 77.3 cm³/mol. The summed E-state index contributed by atoms with van der Waals surface area (Å²) < 4.78 is 18.9. The Morgan fingerprint density at radius 2 is 2.05 bits per heavy atom. The minimum absolute atomic E-state index is 0.0133. The first-order valence-electron chi connectivity index (χ1n) is 6.55. The van der Waals surface area contributed by atoms with E-state index in [0.29, 0.717) is 18.0 Å². The van der Waals surface area contributed by atoms with Crippen molar-refractivity contribution in [3.05, 3.63) is 54.1 Å². The van der Waals surface area contributed by atoms with E-state index in [1.54, 1.807) is 24.5 Å². The van der Waals surface area contributed by atoms with Gasteiger partial charge < -0.3 is 10.1 Å². The van der Waals surface area contributed by atoms with E-state index in [9.17, 15) is 4.39 Å². The molecule has 1 aromatic carbocycles. The Bertz CT molecular complexity index is 579. The van der Waals surface area contributed by atoms with Crippen molar-refractivity contribution in [1.82, 2.24) is 10.3 Å². The van der Waals surface area contributed by atoms with Gasteiger partial charge in [-0.25, -0.2) is 4.39 Å². The summed E-state index contributed by atoms with van der Waals surface area (Å²) in [5, 5.41) is 3.39. The van der Waals surface area contributed by atoms with Crippen molar-refractivity contribution in [3.63, 3.8) is 0 Å². The standard InChI is InChI=1S/C16H19FN2O/c1-16(2,3)19-10-12-7-8-18-11-15(12)20-14-6-4-5-13(17)9-14/h4-9,11,19H,10H2,1-3H3. The van der Waals surface area contributed by atoms with Crippen molar-refractivity contribution in [1.29, 1.82) is 0 Å². The van der Waals surface area contributed by atoms with Crippen molar-refractivity contribution in [3.8, 4) is 11.5 Å². The lowest BCUT2D eigenvalue weighted by atomic mass is 10.1. The van der Waals surface area contributed by atoms with E-state index < -0.39 is 0 Å². The summed E-state index contributed by atoms with van der Waals surface area (Å²) in [4.78, 5) is 4.06. The van der Waals surface area contributed by atoms with E-state index >= 15 is 0 Å². The molecule has 1 aromatic heterocycles. The van der Waals surface area contributed by atoms with Gasteiger partial charge in [-0.1, -0.05) is 6.07 Å². The van der Waals surface area contributed by atoms with Gasteiger partial charge in [0.05, 0.1) is 6.20 Å². The molecule has 0 unspecified atom stereocenters. The highest BCUT2D eigenvalue weighted by Crippen LogP contribution is 2.25. The van der Waals surface area contributed by atoms with Gasteiger partial charge in [0.15, 0.2) is 0 Å². The average molecular weight is 274 g/mol. The van der Waals surface area contributed by atoms with Crippen LogP contribution in [-0.2, 0) is 6.54 Å². The molecule has 0 bridgehead atoms. The van der Waals surface area contributed by atoms with Gasteiger partial charge in [-0.3, -0.25) is 4.98 Å². The Morgan fingerprint density at radius 3 is 2.75 bits per heavy atom. The summed E-state index contributed by atoms with van der Waals surface area (Å²) in [5.74, 6) is 0.783. The topological polar surface area (TPSA) is 34.2 Å². The molecule has 0 aliphatic heterocycles. The van der Waals surface area contributed by atoms with Crippen molar-refractivity contribution in [2.75, 3.05) is 0 Å². The van der Waals surface area contributed by atoms with Crippen LogP contribution in [0.5, 0.6) is 11.5 Å². The molecule has 0 radical (unpaired) electrons. The quantitative estimate of drug-likeness (QED) is 0.918. The summed E-state index contributed by atoms with van der Waals surface area (Å²) >= 11 is 0. The molecule has 0 saturated carbocycles. The third kappa shape index (κ3) is 4.31. The minimum Gasteiger partial charge on any atom is -0.455 e. The number of hydrogen-bond acceptors (Lipinski definition) is 3. The number of hydrogen-bond donors (Lipinski definition) is 1. The number of rotatable bonds is 4. The van der Waals surface area contributed by atoms with E-state index in [-0.39, 0.29) is 11.4 Å². The monoisotopic (exact) mass is 274 g/mol. The van der Waals surface area contributed by atoms with E-state index in [2.05, 4.69) is 31.1 Å². The third-order valence-electron chi connectivity index (χ3n) is 2.70. The van der Waals surface area contributed by atoms with Crippen LogP contribution in [0.25, 0.3) is 0 Å². The number of halogens is 1. The predicted octanol–water partition coefficient (Wildman–Crippen LogP) is 3.90. The van der Waals surface area contributed by atoms with Gasteiger partial charge in [0.2, 0.25) is 0 Å². The summed E-state index contributed by atoms with van der Waals surface area (Å²) in [6.45, 7) is 6.96. The Kier molecular flexibility index (Phi) is 4.35. The summed E-state index contributed by atoms with van der Waals surface area (Å²) in [6, 6.07) is 7.98. The third-order valence-corrected chi connectivity index (χ3v) is 2.70. The smallest absolute Gasteiger partial charge is 0.150 e. The van der Waals surface area contributed by atoms with Crippen LogP contribution in [0.15, 0.2) is 42.7 Å². The molecule has 0 saturated heterocycles. The number of benzene rings is 1. The van der Waals surface area contributed by atoms with Crippen molar-refractivity contribution >= 4 is 0 Å². The lowest BCUT2D eigenvalue weighted by Crippen LogP contribution is -2.35. The molecule has 4 heteroatoms. The Morgan fingerprint density at radius 1 is 1.25 bits per heavy atom. The molecule has 1 N–H and O–H groups in total. The second-order valence-electron chi connectivity index (χ2n) is 5.65. The van der Waals surface area contributed by atoms with Crippen LogP contribution in [0.3, 0.4) is 0 Å². The molecular weight excluding hydrogens is 255 g/mol. The second-order valence-corrected chi connectivity index (χ2v) is 5.65. The zero-order chi connectivity index (χ0) is 14.6. The maximum atomic E-state index is 13.2. The van der Waals surface area contributed by atoms with Gasteiger partial charge in [0.25, 0.3) is 0 Å². The normalized spacial score (nSPS) is 11.4. The lowest BCUT2D eigenvalue weighted by Gasteiger charge is -2.21. The summed E-state index contributed by atoms with van der Waals surface area (Å²) in [6.07, 6.45) is 3.36. The fourth-order valence-electron chi connectivity index (χ4n) is 1.66. The largest absolute Gasteiger partial charge is 0.455 e. The first-order chi connectivity index (χ1) is 9.44. The molecule has 106 valence electrons. The molecule has 0 atom stereocenters. The molecule has 3 nitrogen and oxygen atoms in total. The van der Waals surface area contributed by atoms with Gasteiger partial charge in [-0.2, -0.15) is 0 Å². The van der Waals surface area contributed by atoms with Gasteiger partial charge in [0.1, 0.15) is 17.3 Å². The lowest BCUT2D eigenvalue weighted by molar-refractivity contribution is 0.413. The minimum atomic E-state index is -0.319. The van der Waals surface area contributed by atoms with E-state index in [0.717, 1.165) is 5.56 Å². The van der Waals surface area contributed by atoms with Crippen LogP contribution >= 0.6 is 0 Å². The van der Waals surface area contributed by atoms with Crippen LogP contribution in [0, 0.1) is 5.82 Å². The summed E-state index contributed by atoms with van der Waals surface area (Å²) in [7, 11) is 0. The first kappa shape index (κ1) is 14.5. The van der Waals surface area contributed by atoms with Gasteiger partial charge in [-0.15, -0.1) is 0 Å². The molecule has 0 aliphatic carbocycles. The fraction of sp³-hybridized carbons (Fsp3) is 0.312. The van der Waals surface area contributed by atoms with Crippen LogP contribution in [0.2, 0.25) is 0 Å². The molecule has 0 fully saturated rings. The number of nitrogens with one attached hydrogen (secondary N) is 1. The van der Waals surface area contributed by atoms with E-state index in [1.807, 2.05) is 6.07 Å². The highest BCUT2D eigenvalue weighted by molar-refractivity contribution is 5.35. The highest BCUT2D eigenvalue weighted by atomic mass is 19.1. The second kappa shape index (κ2) is 6.01. The highest BCUT2D eigenvalue weighted by Gasteiger charge is 2.11. The van der Waals surface area contributed by atoms with Crippen LogP contribution in [-0.4, -0.2) is 10.5 Å². The molecule has 2 aromatic rings. The molecule has 0 amide bonds. The SMILES string of the molecule is CC(C)(C)NCc1ccncc1Oc1cccc(F)c1. The number of aromatic nitrogens is 1. The average Bonchev–Trinajstić information content (AvgIpc) is 2.37. The van der Waals surface area contributed by atoms with E-state index in [4.69, 9.17) is 4.74 Å². The summed E-state index contributed by atoms with van der Waals surface area (Å²) in [5.41, 5.74) is 0.999. The Labute approximate surface area is 118 Å². The molecule has 0 spiro atoms. The molecule has 0 aliphatic rings. The van der Waals surface area contributed by atoms with Crippen molar-refractivity contribution in [2.45, 2.75) is 32.9 Å². The van der Waals surface area contributed by atoms with E-state index in [1.165, 1.54) is 12.1 Å². The maximum absolute atomic E-state index is 13.2. The van der Waals surface area contributed by atoms with Gasteiger partial charge >= 0.3 is 0 Å². The van der Waals surface area contributed by atoms with Crippen LogP contribution in [0.1, 0.15) is 26.3 Å². The zero-order valence-electron chi connectivity index (χ0n) is 12.0. The molecule has 1 heterocycles. The van der Waals surface area contributed by atoms with Crippen molar-refractivity contribution in [2.24, 2.45) is 0 Å². The van der Waals surface area contributed by atoms with Gasteiger partial charge in [0, 0.05) is 29.9 Å². The number of nitrogens with zero attached hydrogens (tertiary/aromatic N) is 1. The fourth-order valence-corrected chi connectivity index (χ4v) is 1.66. The van der Waals surface area contributed by atoms with Crippen LogP contribution < -0.4 is 10.1 Å². The first-order valence-corrected chi connectivity index (χ1v) is 6.55. The zero-order valence-corrected chi connectivity index (χ0v) is 12.0. The van der Waals surface area contributed by atoms with Crippen molar-refractivity contribution < 1.29 is 9.13 Å². The number of pyridine rings is 1.